The van der Waals surface area contributed by atoms with Gasteiger partial charge in [-0.25, -0.2) is 8.78 Å². The van der Waals surface area contributed by atoms with Gasteiger partial charge in [-0.15, -0.1) is 0 Å². The second-order valence-corrected chi connectivity index (χ2v) is 3.63. The summed E-state index contributed by atoms with van der Waals surface area (Å²) in [5.41, 5.74) is 0.0485. The third-order valence-corrected chi connectivity index (χ3v) is 2.49. The number of anilines is 1. The summed E-state index contributed by atoms with van der Waals surface area (Å²) < 4.78 is 30.7. The zero-order chi connectivity index (χ0) is 12.8. The summed E-state index contributed by atoms with van der Waals surface area (Å²) in [4.78, 5) is 11.3. The molecule has 0 bridgehead atoms. The minimum absolute atomic E-state index is 0.0485. The monoisotopic (exact) mass is 243 g/mol. The normalized spacial score (nSPS) is 12.0. The summed E-state index contributed by atoms with van der Waals surface area (Å²) in [7, 11) is 1.30. The van der Waals surface area contributed by atoms with E-state index >= 15 is 0 Å². The molecule has 0 heterocycles. The van der Waals surface area contributed by atoms with E-state index in [0.29, 0.717) is 6.42 Å². The minimum Gasteiger partial charge on any atom is -0.469 e. The Kier molecular flexibility index (Phi) is 4.87. The SMILES string of the molecule is CCC(CNc1cc(F)ccc1F)C(=O)OC. The molecule has 0 aromatic heterocycles. The van der Waals surface area contributed by atoms with E-state index in [1.807, 2.05) is 6.92 Å². The van der Waals surface area contributed by atoms with Gasteiger partial charge in [-0.2, -0.15) is 0 Å². The van der Waals surface area contributed by atoms with Crippen molar-refractivity contribution in [2.24, 2.45) is 5.92 Å². The van der Waals surface area contributed by atoms with Crippen molar-refractivity contribution in [3.05, 3.63) is 29.8 Å². The second-order valence-electron chi connectivity index (χ2n) is 3.63. The summed E-state index contributed by atoms with van der Waals surface area (Å²) in [5.74, 6) is -1.81. The molecule has 0 aliphatic rings. The average molecular weight is 243 g/mol. The van der Waals surface area contributed by atoms with Crippen molar-refractivity contribution in [3.8, 4) is 0 Å². The van der Waals surface area contributed by atoms with Crippen LogP contribution in [0.15, 0.2) is 18.2 Å². The van der Waals surface area contributed by atoms with E-state index in [1.165, 1.54) is 7.11 Å². The van der Waals surface area contributed by atoms with E-state index in [-0.39, 0.29) is 24.1 Å². The molecule has 17 heavy (non-hydrogen) atoms. The Morgan fingerprint density at radius 1 is 1.47 bits per heavy atom. The fourth-order valence-electron chi connectivity index (χ4n) is 1.43. The molecule has 0 aliphatic heterocycles. The maximum atomic E-state index is 13.3. The Morgan fingerprint density at radius 2 is 2.18 bits per heavy atom. The van der Waals surface area contributed by atoms with Crippen molar-refractivity contribution in [1.82, 2.24) is 0 Å². The molecule has 0 spiro atoms. The highest BCUT2D eigenvalue weighted by Crippen LogP contribution is 2.16. The van der Waals surface area contributed by atoms with Crippen LogP contribution in [0, 0.1) is 17.6 Å². The van der Waals surface area contributed by atoms with Gasteiger partial charge in [0.15, 0.2) is 0 Å². The Balaban J connectivity index is 2.65. The van der Waals surface area contributed by atoms with Crippen molar-refractivity contribution < 1.29 is 18.3 Å². The zero-order valence-corrected chi connectivity index (χ0v) is 9.80. The van der Waals surface area contributed by atoms with Gasteiger partial charge in [0, 0.05) is 6.54 Å². The molecule has 1 aromatic rings. The van der Waals surface area contributed by atoms with E-state index in [1.54, 1.807) is 0 Å². The molecule has 0 fully saturated rings. The first-order valence-electron chi connectivity index (χ1n) is 5.35. The molecule has 1 rings (SSSR count). The lowest BCUT2D eigenvalue weighted by Gasteiger charge is -2.14. The van der Waals surface area contributed by atoms with E-state index in [2.05, 4.69) is 10.1 Å². The van der Waals surface area contributed by atoms with Gasteiger partial charge in [-0.05, 0) is 24.6 Å². The predicted molar refractivity (Wildman–Crippen MR) is 60.6 cm³/mol. The van der Waals surface area contributed by atoms with Gasteiger partial charge in [0.25, 0.3) is 0 Å². The highest BCUT2D eigenvalue weighted by molar-refractivity contribution is 5.73. The summed E-state index contributed by atoms with van der Waals surface area (Å²) in [6.07, 6.45) is 0.566. The Morgan fingerprint density at radius 3 is 2.76 bits per heavy atom. The Hall–Kier alpha value is -1.65. The van der Waals surface area contributed by atoms with Crippen molar-refractivity contribution in [1.29, 1.82) is 0 Å². The highest BCUT2D eigenvalue weighted by Gasteiger charge is 2.17. The van der Waals surface area contributed by atoms with Crippen LogP contribution in [-0.4, -0.2) is 19.6 Å². The number of hydrogen-bond donors (Lipinski definition) is 1. The number of methoxy groups -OCH3 is 1. The summed E-state index contributed by atoms with van der Waals surface area (Å²) >= 11 is 0. The standard InChI is InChI=1S/C12H15F2NO2/c1-3-8(12(16)17-2)7-15-11-6-9(13)4-5-10(11)14/h4-6,8,15H,3,7H2,1-2H3. The molecule has 0 aliphatic carbocycles. The second kappa shape index (κ2) is 6.18. The molecule has 0 saturated heterocycles. The van der Waals surface area contributed by atoms with Crippen molar-refractivity contribution >= 4 is 11.7 Å². The fraction of sp³-hybridized carbons (Fsp3) is 0.417. The number of esters is 1. The van der Waals surface area contributed by atoms with Crippen LogP contribution in [0.2, 0.25) is 0 Å². The molecule has 3 nitrogen and oxygen atoms in total. The van der Waals surface area contributed by atoms with Gasteiger partial charge in [-0.1, -0.05) is 6.92 Å². The van der Waals surface area contributed by atoms with Crippen LogP contribution in [0.1, 0.15) is 13.3 Å². The van der Waals surface area contributed by atoms with Gasteiger partial charge in [0.1, 0.15) is 11.6 Å². The molecule has 5 heteroatoms. The number of benzene rings is 1. The zero-order valence-electron chi connectivity index (χ0n) is 9.80. The molecule has 0 radical (unpaired) electrons. The first-order valence-corrected chi connectivity index (χ1v) is 5.35. The fourth-order valence-corrected chi connectivity index (χ4v) is 1.43. The molecular weight excluding hydrogens is 228 g/mol. The van der Waals surface area contributed by atoms with E-state index in [9.17, 15) is 13.6 Å². The molecule has 94 valence electrons. The lowest BCUT2D eigenvalue weighted by Crippen LogP contribution is -2.24. The number of carbonyl (C=O) groups excluding carboxylic acids is 1. The van der Waals surface area contributed by atoms with Crippen LogP contribution in [0.4, 0.5) is 14.5 Å². The lowest BCUT2D eigenvalue weighted by molar-refractivity contribution is -0.145. The quantitative estimate of drug-likeness (QED) is 0.808. The third kappa shape index (κ3) is 3.69. The smallest absolute Gasteiger partial charge is 0.310 e. The van der Waals surface area contributed by atoms with E-state index in [0.717, 1.165) is 18.2 Å². The lowest BCUT2D eigenvalue weighted by atomic mass is 10.1. The molecule has 1 aromatic carbocycles. The van der Waals surface area contributed by atoms with Crippen molar-refractivity contribution in [2.75, 3.05) is 19.0 Å². The average Bonchev–Trinajstić information content (AvgIpc) is 2.33. The van der Waals surface area contributed by atoms with Gasteiger partial charge >= 0.3 is 5.97 Å². The summed E-state index contributed by atoms with van der Waals surface area (Å²) in [5, 5.41) is 2.70. The van der Waals surface area contributed by atoms with Crippen molar-refractivity contribution in [3.63, 3.8) is 0 Å². The van der Waals surface area contributed by atoms with Gasteiger partial charge in [0.2, 0.25) is 0 Å². The topological polar surface area (TPSA) is 38.3 Å². The maximum absolute atomic E-state index is 13.3. The molecular formula is C12H15F2NO2. The predicted octanol–water partition coefficient (Wildman–Crippen LogP) is 2.58. The number of rotatable bonds is 5. The number of hydrogen-bond acceptors (Lipinski definition) is 3. The van der Waals surface area contributed by atoms with Crippen molar-refractivity contribution in [2.45, 2.75) is 13.3 Å². The van der Waals surface area contributed by atoms with E-state index < -0.39 is 11.6 Å². The molecule has 0 amide bonds. The van der Waals surface area contributed by atoms with Crippen LogP contribution in [0.25, 0.3) is 0 Å². The molecule has 1 atom stereocenters. The van der Waals surface area contributed by atoms with Crippen LogP contribution < -0.4 is 5.32 Å². The number of halogens is 2. The van der Waals surface area contributed by atoms with E-state index in [4.69, 9.17) is 0 Å². The van der Waals surface area contributed by atoms with Crippen LogP contribution in [0.3, 0.4) is 0 Å². The number of ether oxygens (including phenoxy) is 1. The largest absolute Gasteiger partial charge is 0.469 e. The van der Waals surface area contributed by atoms with Crippen LogP contribution in [-0.2, 0) is 9.53 Å². The minimum atomic E-state index is -0.550. The molecule has 0 saturated carbocycles. The Bertz CT molecular complexity index is 396. The van der Waals surface area contributed by atoms with Crippen LogP contribution >= 0.6 is 0 Å². The van der Waals surface area contributed by atoms with Gasteiger partial charge in [-0.3, -0.25) is 4.79 Å². The summed E-state index contributed by atoms with van der Waals surface area (Å²) in [6.45, 7) is 2.04. The summed E-state index contributed by atoms with van der Waals surface area (Å²) in [6, 6.07) is 3.13. The Labute approximate surface area is 98.8 Å². The van der Waals surface area contributed by atoms with Crippen LogP contribution in [0.5, 0.6) is 0 Å². The maximum Gasteiger partial charge on any atom is 0.310 e. The first kappa shape index (κ1) is 13.4. The number of nitrogens with one attached hydrogen (secondary N) is 1. The highest BCUT2D eigenvalue weighted by atomic mass is 19.1. The molecule has 1 N–H and O–H groups in total. The molecule has 1 unspecified atom stereocenters. The van der Waals surface area contributed by atoms with Gasteiger partial charge in [0.05, 0.1) is 18.7 Å². The third-order valence-electron chi connectivity index (χ3n) is 2.49. The first-order chi connectivity index (χ1) is 8.08. The number of carbonyl (C=O) groups is 1. The van der Waals surface area contributed by atoms with Gasteiger partial charge < -0.3 is 10.1 Å².